The number of aryl methyl sites for hydroxylation is 1. The van der Waals surface area contributed by atoms with E-state index in [2.05, 4.69) is 40.2 Å². The first kappa shape index (κ1) is 19.8. The maximum Gasteiger partial charge on any atom is 0.342 e. The van der Waals surface area contributed by atoms with Crippen molar-refractivity contribution in [2.45, 2.75) is 32.7 Å². The van der Waals surface area contributed by atoms with Gasteiger partial charge in [-0.15, -0.1) is 0 Å². The number of hydrogen-bond donors (Lipinski definition) is 0. The Bertz CT molecular complexity index is 786. The van der Waals surface area contributed by atoms with Gasteiger partial charge in [-0.05, 0) is 35.7 Å². The molecule has 0 saturated carbocycles. The Hall–Kier alpha value is -1.93. The highest BCUT2D eigenvalue weighted by atomic mass is 32.2. The van der Waals surface area contributed by atoms with Gasteiger partial charge in [0.1, 0.15) is 17.1 Å². The number of piperidine rings is 1. The molecule has 0 N–H and O–H groups in total. The molecule has 1 saturated heterocycles. The molecule has 0 aliphatic carbocycles. The molecule has 0 radical (unpaired) electrons. The first-order valence-corrected chi connectivity index (χ1v) is 10.6. The molecule has 0 amide bonds. The van der Waals surface area contributed by atoms with Gasteiger partial charge in [0.2, 0.25) is 0 Å². The molecule has 144 valence electrons. The van der Waals surface area contributed by atoms with E-state index >= 15 is 0 Å². The molecule has 0 bridgehead atoms. The minimum Gasteiger partial charge on any atom is -0.358 e. The quantitative estimate of drug-likeness (QED) is 0.411. The largest absolute Gasteiger partial charge is 0.358 e. The van der Waals surface area contributed by atoms with Crippen molar-refractivity contribution < 1.29 is 4.92 Å². The van der Waals surface area contributed by atoms with E-state index < -0.39 is 0 Å². The second kappa shape index (κ2) is 9.32. The number of imidazole rings is 1. The number of benzene rings is 1. The van der Waals surface area contributed by atoms with E-state index in [0.717, 1.165) is 36.7 Å². The van der Waals surface area contributed by atoms with Crippen LogP contribution in [0.1, 0.15) is 24.2 Å². The predicted octanol–water partition coefficient (Wildman–Crippen LogP) is 4.07. The summed E-state index contributed by atoms with van der Waals surface area (Å²) in [7, 11) is 0. The average Bonchev–Trinajstić information content (AvgIpc) is 3.04. The maximum absolute atomic E-state index is 11.0. The number of hydrogen-bond acceptors (Lipinski definition) is 5. The summed E-state index contributed by atoms with van der Waals surface area (Å²) in [5.74, 6) is 2.13. The number of thioether (sulfide) groups is 1. The molecule has 1 fully saturated rings. The van der Waals surface area contributed by atoms with Gasteiger partial charge in [0.05, 0.1) is 0 Å². The van der Waals surface area contributed by atoms with Crippen LogP contribution >= 0.6 is 24.0 Å². The molecule has 0 unspecified atom stereocenters. The Morgan fingerprint density at radius 2 is 2.04 bits per heavy atom. The summed E-state index contributed by atoms with van der Waals surface area (Å²) in [5, 5.41) is 11.0. The second-order valence-electron chi connectivity index (χ2n) is 6.81. The van der Waals surface area contributed by atoms with Crippen molar-refractivity contribution >= 4 is 34.1 Å². The average molecular weight is 405 g/mol. The molecule has 1 aliphatic rings. The van der Waals surface area contributed by atoms with Gasteiger partial charge in [-0.25, -0.2) is 9.55 Å². The SMILES string of the molecule is Cc1ncc([N+](=O)[O-])n1CCSC(=S)N1CCC(Cc2ccccc2)CC1. The third-order valence-electron chi connectivity index (χ3n) is 5.00. The number of nitrogens with zero attached hydrogens (tertiary/aromatic N) is 4. The van der Waals surface area contributed by atoms with E-state index in [1.807, 2.05) is 0 Å². The summed E-state index contributed by atoms with van der Waals surface area (Å²) in [5.41, 5.74) is 1.41. The third kappa shape index (κ3) is 5.29. The maximum atomic E-state index is 11.0. The highest BCUT2D eigenvalue weighted by Crippen LogP contribution is 2.24. The van der Waals surface area contributed by atoms with Crippen molar-refractivity contribution in [3.63, 3.8) is 0 Å². The van der Waals surface area contributed by atoms with Crippen LogP contribution in [-0.2, 0) is 13.0 Å². The fraction of sp³-hybridized carbons (Fsp3) is 0.474. The lowest BCUT2D eigenvalue weighted by Crippen LogP contribution is -2.36. The lowest BCUT2D eigenvalue weighted by Gasteiger charge is -2.33. The van der Waals surface area contributed by atoms with Crippen molar-refractivity contribution in [3.05, 3.63) is 58.0 Å². The number of rotatable bonds is 6. The third-order valence-corrected chi connectivity index (χ3v) is 6.51. The van der Waals surface area contributed by atoms with Gasteiger partial charge in [0.15, 0.2) is 5.82 Å². The number of thiocarbonyl (C=S) groups is 1. The van der Waals surface area contributed by atoms with Gasteiger partial charge in [0, 0.05) is 25.8 Å². The summed E-state index contributed by atoms with van der Waals surface area (Å²) < 4.78 is 2.54. The molecule has 3 rings (SSSR count). The van der Waals surface area contributed by atoms with Crippen molar-refractivity contribution in [2.75, 3.05) is 18.8 Å². The summed E-state index contributed by atoms with van der Waals surface area (Å²) in [6.45, 7) is 4.31. The molecule has 2 heterocycles. The zero-order valence-corrected chi connectivity index (χ0v) is 17.0. The van der Waals surface area contributed by atoms with E-state index in [1.165, 1.54) is 11.8 Å². The highest BCUT2D eigenvalue weighted by Gasteiger charge is 2.22. The lowest BCUT2D eigenvalue weighted by atomic mass is 9.90. The zero-order valence-electron chi connectivity index (χ0n) is 15.4. The van der Waals surface area contributed by atoms with Crippen LogP contribution < -0.4 is 0 Å². The van der Waals surface area contributed by atoms with E-state index in [4.69, 9.17) is 12.2 Å². The highest BCUT2D eigenvalue weighted by molar-refractivity contribution is 8.22. The van der Waals surface area contributed by atoms with Crippen LogP contribution in [0.3, 0.4) is 0 Å². The Kier molecular flexibility index (Phi) is 6.84. The van der Waals surface area contributed by atoms with Crippen LogP contribution in [0.15, 0.2) is 36.5 Å². The van der Waals surface area contributed by atoms with Gasteiger partial charge in [0.25, 0.3) is 0 Å². The fourth-order valence-corrected chi connectivity index (χ4v) is 4.71. The Morgan fingerprint density at radius 1 is 1.33 bits per heavy atom. The molecular formula is C19H24N4O2S2. The van der Waals surface area contributed by atoms with Gasteiger partial charge in [-0.3, -0.25) is 0 Å². The lowest BCUT2D eigenvalue weighted by molar-refractivity contribution is -0.392. The van der Waals surface area contributed by atoms with Crippen LogP contribution in [0.25, 0.3) is 0 Å². The molecule has 27 heavy (non-hydrogen) atoms. The van der Waals surface area contributed by atoms with E-state index in [0.29, 0.717) is 24.0 Å². The summed E-state index contributed by atoms with van der Waals surface area (Å²) >= 11 is 7.19. The van der Waals surface area contributed by atoms with Gasteiger partial charge in [-0.2, -0.15) is 0 Å². The molecule has 0 spiro atoms. The first-order chi connectivity index (χ1) is 13.0. The molecule has 1 aromatic carbocycles. The Labute approximate surface area is 169 Å². The molecule has 1 aliphatic heterocycles. The second-order valence-corrected chi connectivity index (χ2v) is 8.54. The van der Waals surface area contributed by atoms with Crippen molar-refractivity contribution in [1.82, 2.24) is 14.5 Å². The standard InChI is InChI=1S/C19H24N4O2S2/c1-15-20-14-18(23(24)25)22(15)11-12-27-19(26)21-9-7-17(8-10-21)13-16-5-3-2-4-6-16/h2-6,14,17H,7-13H2,1H3. The Morgan fingerprint density at radius 3 is 2.70 bits per heavy atom. The molecular weight excluding hydrogens is 380 g/mol. The minimum atomic E-state index is -0.388. The van der Waals surface area contributed by atoms with Gasteiger partial charge >= 0.3 is 5.82 Å². The summed E-state index contributed by atoms with van der Waals surface area (Å²) in [4.78, 5) is 17.0. The number of aromatic nitrogens is 2. The van der Waals surface area contributed by atoms with E-state index in [9.17, 15) is 10.1 Å². The van der Waals surface area contributed by atoms with E-state index in [-0.39, 0.29) is 10.7 Å². The monoisotopic (exact) mass is 404 g/mol. The van der Waals surface area contributed by atoms with Crippen molar-refractivity contribution in [1.29, 1.82) is 0 Å². The predicted molar refractivity (Wildman–Crippen MR) is 113 cm³/mol. The first-order valence-electron chi connectivity index (χ1n) is 9.16. The van der Waals surface area contributed by atoms with Crippen molar-refractivity contribution in [2.24, 2.45) is 5.92 Å². The van der Waals surface area contributed by atoms with Crippen molar-refractivity contribution in [3.8, 4) is 0 Å². The Balaban J connectivity index is 1.42. The number of likely N-dealkylation sites (tertiary alicyclic amines) is 1. The van der Waals surface area contributed by atoms with Gasteiger partial charge < -0.3 is 15.0 Å². The minimum absolute atomic E-state index is 0.0424. The topological polar surface area (TPSA) is 64.2 Å². The molecule has 2 aromatic rings. The van der Waals surface area contributed by atoms with Crippen LogP contribution in [-0.4, -0.2) is 42.5 Å². The van der Waals surface area contributed by atoms with E-state index in [1.54, 1.807) is 23.3 Å². The molecule has 6 nitrogen and oxygen atoms in total. The normalized spacial score (nSPS) is 15.1. The fourth-order valence-electron chi connectivity index (χ4n) is 3.46. The van der Waals surface area contributed by atoms with Crippen LogP contribution in [0.4, 0.5) is 5.82 Å². The van der Waals surface area contributed by atoms with Crippen LogP contribution in [0.5, 0.6) is 0 Å². The smallest absolute Gasteiger partial charge is 0.342 e. The van der Waals surface area contributed by atoms with Crippen LogP contribution in [0.2, 0.25) is 0 Å². The molecule has 1 aromatic heterocycles. The van der Waals surface area contributed by atoms with Gasteiger partial charge in [-0.1, -0.05) is 54.3 Å². The zero-order chi connectivity index (χ0) is 19.2. The summed E-state index contributed by atoms with van der Waals surface area (Å²) in [6, 6.07) is 10.7. The van der Waals surface area contributed by atoms with Crippen LogP contribution in [0, 0.1) is 23.0 Å². The molecule has 0 atom stereocenters. The summed E-state index contributed by atoms with van der Waals surface area (Å²) in [6.07, 6.45) is 4.76. The molecule has 8 heteroatoms. The number of nitro groups is 1.